The van der Waals surface area contributed by atoms with Gasteiger partial charge in [-0.1, -0.05) is 13.8 Å². The quantitative estimate of drug-likeness (QED) is 0.867. The Morgan fingerprint density at radius 3 is 2.67 bits per heavy atom. The number of aliphatic hydroxyl groups excluding tert-OH is 1. The van der Waals surface area contributed by atoms with Crippen LogP contribution in [0.1, 0.15) is 31.9 Å². The second kappa shape index (κ2) is 4.40. The lowest BCUT2D eigenvalue weighted by Crippen LogP contribution is -1.99. The zero-order chi connectivity index (χ0) is 9.14. The minimum atomic E-state index is -0.299. The van der Waals surface area contributed by atoms with Gasteiger partial charge in [0.2, 0.25) is 0 Å². The Labute approximate surface area is 85.6 Å². The van der Waals surface area contributed by atoms with Crippen LogP contribution in [0, 0.1) is 5.92 Å². The van der Waals surface area contributed by atoms with Crippen molar-refractivity contribution in [1.82, 2.24) is 0 Å². The summed E-state index contributed by atoms with van der Waals surface area (Å²) in [4.78, 5) is 0. The first kappa shape index (κ1) is 10.2. The van der Waals surface area contributed by atoms with E-state index in [-0.39, 0.29) is 6.10 Å². The van der Waals surface area contributed by atoms with Gasteiger partial charge in [0.25, 0.3) is 0 Å². The molecule has 1 heterocycles. The number of rotatable bonds is 3. The average molecular weight is 249 g/mol. The first-order chi connectivity index (χ1) is 5.59. The van der Waals surface area contributed by atoms with E-state index in [0.717, 1.165) is 15.8 Å². The lowest BCUT2D eigenvalue weighted by Gasteiger charge is -2.10. The van der Waals surface area contributed by atoms with Crippen molar-refractivity contribution < 1.29 is 5.11 Å². The molecular weight excluding hydrogens is 236 g/mol. The summed E-state index contributed by atoms with van der Waals surface area (Å²) in [6.45, 7) is 4.23. The molecule has 3 heteroatoms. The van der Waals surface area contributed by atoms with E-state index in [1.807, 2.05) is 11.4 Å². The third-order valence-electron chi connectivity index (χ3n) is 1.67. The molecule has 0 saturated carbocycles. The maximum Gasteiger partial charge on any atom is 0.0800 e. The van der Waals surface area contributed by atoms with E-state index in [1.165, 1.54) is 0 Å². The first-order valence-corrected chi connectivity index (χ1v) is 5.69. The number of hydrogen-bond donors (Lipinski definition) is 1. The molecule has 0 saturated heterocycles. The highest BCUT2D eigenvalue weighted by atomic mass is 79.9. The Bertz CT molecular complexity index is 244. The minimum Gasteiger partial charge on any atom is -0.388 e. The number of halogens is 1. The van der Waals surface area contributed by atoms with E-state index in [0.29, 0.717) is 5.92 Å². The van der Waals surface area contributed by atoms with E-state index in [4.69, 9.17) is 0 Å². The van der Waals surface area contributed by atoms with Gasteiger partial charge >= 0.3 is 0 Å². The Morgan fingerprint density at radius 1 is 1.58 bits per heavy atom. The average Bonchev–Trinajstić information content (AvgIpc) is 2.34. The maximum absolute atomic E-state index is 9.69. The lowest BCUT2D eigenvalue weighted by atomic mass is 10.0. The van der Waals surface area contributed by atoms with Gasteiger partial charge in [0.15, 0.2) is 0 Å². The SMILES string of the molecule is CC(C)CC(O)c1csc(Br)c1. The molecule has 0 fully saturated rings. The minimum absolute atomic E-state index is 0.299. The van der Waals surface area contributed by atoms with Gasteiger partial charge in [-0.25, -0.2) is 0 Å². The van der Waals surface area contributed by atoms with Crippen LogP contribution >= 0.6 is 27.3 Å². The summed E-state index contributed by atoms with van der Waals surface area (Å²) in [5, 5.41) is 11.7. The van der Waals surface area contributed by atoms with Crippen LogP contribution in [0.2, 0.25) is 0 Å². The van der Waals surface area contributed by atoms with Gasteiger partial charge in [-0.3, -0.25) is 0 Å². The highest BCUT2D eigenvalue weighted by molar-refractivity contribution is 9.11. The van der Waals surface area contributed by atoms with Crippen molar-refractivity contribution in [2.24, 2.45) is 5.92 Å². The van der Waals surface area contributed by atoms with Gasteiger partial charge in [-0.05, 0) is 45.3 Å². The molecule has 1 aromatic heterocycles. The van der Waals surface area contributed by atoms with Gasteiger partial charge in [0.05, 0.1) is 9.89 Å². The van der Waals surface area contributed by atoms with Crippen molar-refractivity contribution >= 4 is 27.3 Å². The standard InChI is InChI=1S/C9H13BrOS/c1-6(2)3-8(11)7-4-9(10)12-5-7/h4-6,8,11H,3H2,1-2H3. The summed E-state index contributed by atoms with van der Waals surface area (Å²) >= 11 is 4.99. The van der Waals surface area contributed by atoms with E-state index < -0.39 is 0 Å². The summed E-state index contributed by atoms with van der Waals surface area (Å²) in [5.41, 5.74) is 1.03. The molecule has 0 spiro atoms. The van der Waals surface area contributed by atoms with Crippen LogP contribution in [0.5, 0.6) is 0 Å². The Morgan fingerprint density at radius 2 is 2.25 bits per heavy atom. The van der Waals surface area contributed by atoms with Crippen LogP contribution < -0.4 is 0 Å². The van der Waals surface area contributed by atoms with Gasteiger partial charge in [0.1, 0.15) is 0 Å². The summed E-state index contributed by atoms with van der Waals surface area (Å²) in [6, 6.07) is 1.98. The second-order valence-corrected chi connectivity index (χ2v) is 5.62. The molecule has 0 aromatic carbocycles. The molecule has 1 atom stereocenters. The van der Waals surface area contributed by atoms with Crippen molar-refractivity contribution in [2.75, 3.05) is 0 Å². The zero-order valence-electron chi connectivity index (χ0n) is 7.25. The lowest BCUT2D eigenvalue weighted by molar-refractivity contribution is 0.151. The summed E-state index contributed by atoms with van der Waals surface area (Å²) in [7, 11) is 0. The van der Waals surface area contributed by atoms with Crippen LogP contribution in [0.4, 0.5) is 0 Å². The highest BCUT2D eigenvalue weighted by Crippen LogP contribution is 2.28. The first-order valence-electron chi connectivity index (χ1n) is 4.01. The molecule has 1 unspecified atom stereocenters. The number of thiophene rings is 1. The molecule has 0 bridgehead atoms. The van der Waals surface area contributed by atoms with E-state index in [2.05, 4.69) is 29.8 Å². The van der Waals surface area contributed by atoms with Crippen LogP contribution in [0.15, 0.2) is 15.2 Å². The van der Waals surface area contributed by atoms with E-state index in [9.17, 15) is 5.11 Å². The molecule has 0 aliphatic rings. The molecule has 0 amide bonds. The van der Waals surface area contributed by atoms with Crippen molar-refractivity contribution in [1.29, 1.82) is 0 Å². The van der Waals surface area contributed by atoms with E-state index >= 15 is 0 Å². The molecule has 0 radical (unpaired) electrons. The van der Waals surface area contributed by atoms with Gasteiger partial charge in [0, 0.05) is 0 Å². The fourth-order valence-electron chi connectivity index (χ4n) is 1.08. The fourth-order valence-corrected chi connectivity index (χ4v) is 2.30. The summed E-state index contributed by atoms with van der Waals surface area (Å²) < 4.78 is 1.08. The predicted octanol–water partition coefficient (Wildman–Crippen LogP) is 3.59. The van der Waals surface area contributed by atoms with Crippen molar-refractivity contribution in [3.8, 4) is 0 Å². The molecule has 12 heavy (non-hydrogen) atoms. The van der Waals surface area contributed by atoms with Crippen molar-refractivity contribution in [3.63, 3.8) is 0 Å². The number of aliphatic hydroxyl groups is 1. The van der Waals surface area contributed by atoms with Crippen LogP contribution in [-0.4, -0.2) is 5.11 Å². The van der Waals surface area contributed by atoms with Crippen LogP contribution in [-0.2, 0) is 0 Å². The Kier molecular flexibility index (Phi) is 3.75. The Balaban J connectivity index is 2.58. The molecule has 0 aliphatic heterocycles. The zero-order valence-corrected chi connectivity index (χ0v) is 9.65. The molecule has 1 N–H and O–H groups in total. The monoisotopic (exact) mass is 248 g/mol. The second-order valence-electron chi connectivity index (χ2n) is 3.33. The maximum atomic E-state index is 9.69. The molecular formula is C9H13BrOS. The van der Waals surface area contributed by atoms with Crippen LogP contribution in [0.3, 0.4) is 0 Å². The molecule has 1 aromatic rings. The Hall–Kier alpha value is 0.140. The predicted molar refractivity (Wildman–Crippen MR) is 56.4 cm³/mol. The molecule has 1 nitrogen and oxygen atoms in total. The van der Waals surface area contributed by atoms with Crippen molar-refractivity contribution in [3.05, 3.63) is 20.8 Å². The third-order valence-corrected chi connectivity index (χ3v) is 3.19. The van der Waals surface area contributed by atoms with Gasteiger partial charge in [-0.2, -0.15) is 0 Å². The molecule has 0 aliphatic carbocycles. The smallest absolute Gasteiger partial charge is 0.0800 e. The van der Waals surface area contributed by atoms with E-state index in [1.54, 1.807) is 11.3 Å². The fraction of sp³-hybridized carbons (Fsp3) is 0.556. The topological polar surface area (TPSA) is 20.2 Å². The largest absolute Gasteiger partial charge is 0.388 e. The summed E-state index contributed by atoms with van der Waals surface area (Å²) in [5.74, 6) is 0.540. The van der Waals surface area contributed by atoms with Crippen LogP contribution in [0.25, 0.3) is 0 Å². The van der Waals surface area contributed by atoms with Gasteiger partial charge in [-0.15, -0.1) is 11.3 Å². The normalized spacial score (nSPS) is 13.8. The summed E-state index contributed by atoms with van der Waals surface area (Å²) in [6.07, 6.45) is 0.538. The third kappa shape index (κ3) is 2.88. The van der Waals surface area contributed by atoms with Gasteiger partial charge < -0.3 is 5.11 Å². The molecule has 68 valence electrons. The molecule has 1 rings (SSSR count). The number of hydrogen-bond acceptors (Lipinski definition) is 2. The highest BCUT2D eigenvalue weighted by Gasteiger charge is 2.10. The van der Waals surface area contributed by atoms with Crippen molar-refractivity contribution in [2.45, 2.75) is 26.4 Å².